The number of benzene rings is 3. The second-order valence-corrected chi connectivity index (χ2v) is 10.5. The normalized spacial score (nSPS) is 12.3. The first kappa shape index (κ1) is 24.8. The molecular formula is C25H24FN3O4S2. The van der Waals surface area contributed by atoms with E-state index in [-0.39, 0.29) is 10.5 Å². The van der Waals surface area contributed by atoms with Crippen LogP contribution in [0.4, 0.5) is 10.1 Å². The number of hydrogen-bond donors (Lipinski definition) is 0. The minimum absolute atomic E-state index is 0.0520. The van der Waals surface area contributed by atoms with Gasteiger partial charge in [0.2, 0.25) is 0 Å². The first-order valence-electron chi connectivity index (χ1n) is 10.9. The van der Waals surface area contributed by atoms with Crippen LogP contribution in [-0.4, -0.2) is 39.2 Å². The Hall–Kier alpha value is -3.34. The van der Waals surface area contributed by atoms with Crippen LogP contribution < -0.4 is 9.11 Å². The molecule has 0 aliphatic rings. The number of carbonyl (C=O) groups is 1. The summed E-state index contributed by atoms with van der Waals surface area (Å²) in [5, 5.41) is 0. The van der Waals surface area contributed by atoms with Crippen molar-refractivity contribution >= 4 is 43.2 Å². The molecule has 182 valence electrons. The molecule has 0 aliphatic carbocycles. The van der Waals surface area contributed by atoms with Crippen LogP contribution in [0, 0.1) is 5.82 Å². The number of nitrogens with zero attached hydrogens (tertiary/aromatic N) is 3. The zero-order valence-corrected chi connectivity index (χ0v) is 20.9. The van der Waals surface area contributed by atoms with E-state index in [1.54, 1.807) is 47.0 Å². The van der Waals surface area contributed by atoms with Crippen LogP contribution in [0.1, 0.15) is 17.3 Å². The summed E-state index contributed by atoms with van der Waals surface area (Å²) >= 11 is 1.21. The summed E-state index contributed by atoms with van der Waals surface area (Å²) < 4.78 is 49.4. The minimum Gasteiger partial charge on any atom is -0.380 e. The van der Waals surface area contributed by atoms with Crippen molar-refractivity contribution < 1.29 is 22.3 Å². The van der Waals surface area contributed by atoms with Crippen molar-refractivity contribution in [3.63, 3.8) is 0 Å². The summed E-state index contributed by atoms with van der Waals surface area (Å²) in [5.74, 6) is -0.955. The molecular weight excluding hydrogens is 489 g/mol. The number of sulfonamides is 1. The van der Waals surface area contributed by atoms with Gasteiger partial charge in [-0.15, -0.1) is 0 Å². The molecule has 0 unspecified atom stereocenters. The number of para-hydroxylation sites is 2. The molecule has 4 aromatic rings. The van der Waals surface area contributed by atoms with Crippen LogP contribution in [0.25, 0.3) is 10.2 Å². The zero-order valence-electron chi connectivity index (χ0n) is 19.2. The van der Waals surface area contributed by atoms with E-state index in [0.29, 0.717) is 40.5 Å². The van der Waals surface area contributed by atoms with E-state index in [2.05, 4.69) is 4.99 Å². The average molecular weight is 514 g/mol. The summed E-state index contributed by atoms with van der Waals surface area (Å²) in [5.41, 5.74) is 1.12. The summed E-state index contributed by atoms with van der Waals surface area (Å²) in [7, 11) is -2.33. The molecule has 1 heterocycles. The second kappa shape index (κ2) is 10.5. The van der Waals surface area contributed by atoms with Crippen molar-refractivity contribution in [3.05, 3.63) is 89.0 Å². The zero-order chi connectivity index (χ0) is 25.0. The van der Waals surface area contributed by atoms with Gasteiger partial charge >= 0.3 is 0 Å². The number of carbonyl (C=O) groups excluding carboxylic acids is 1. The predicted octanol–water partition coefficient (Wildman–Crippen LogP) is 4.44. The molecule has 0 N–H and O–H groups in total. The summed E-state index contributed by atoms with van der Waals surface area (Å²) in [6.07, 6.45) is 0. The topological polar surface area (TPSA) is 81.0 Å². The van der Waals surface area contributed by atoms with E-state index in [4.69, 9.17) is 4.74 Å². The fourth-order valence-corrected chi connectivity index (χ4v) is 5.80. The number of hydrogen-bond acceptors (Lipinski definition) is 5. The standard InChI is InChI=1S/C25H24FN3O4S2/c1-3-33-17-16-29-23-21(26)10-7-11-22(23)34-25(29)27-24(30)18-12-14-20(15-13-18)35(31,32)28(2)19-8-5-4-6-9-19/h4-15H,3,16-17H2,1-2H3. The smallest absolute Gasteiger partial charge is 0.279 e. The highest BCUT2D eigenvalue weighted by molar-refractivity contribution is 7.92. The predicted molar refractivity (Wildman–Crippen MR) is 135 cm³/mol. The van der Waals surface area contributed by atoms with E-state index >= 15 is 0 Å². The molecule has 1 aromatic heterocycles. The lowest BCUT2D eigenvalue weighted by molar-refractivity contribution is 0.0996. The van der Waals surface area contributed by atoms with E-state index < -0.39 is 21.7 Å². The van der Waals surface area contributed by atoms with Crippen molar-refractivity contribution in [2.75, 3.05) is 24.6 Å². The van der Waals surface area contributed by atoms with Gasteiger partial charge in [0.05, 0.1) is 27.4 Å². The van der Waals surface area contributed by atoms with E-state index in [0.717, 1.165) is 0 Å². The monoisotopic (exact) mass is 513 g/mol. The van der Waals surface area contributed by atoms with Gasteiger partial charge < -0.3 is 9.30 Å². The van der Waals surface area contributed by atoms with Gasteiger partial charge in [-0.05, 0) is 55.5 Å². The number of rotatable bonds is 8. The fraction of sp³-hybridized carbons (Fsp3) is 0.200. The van der Waals surface area contributed by atoms with Gasteiger partial charge in [0.15, 0.2) is 4.80 Å². The number of fused-ring (bicyclic) bond motifs is 1. The minimum atomic E-state index is -3.80. The summed E-state index contributed by atoms with van der Waals surface area (Å²) in [6, 6.07) is 19.1. The molecule has 0 atom stereocenters. The molecule has 0 saturated carbocycles. The number of ether oxygens (including phenoxy) is 1. The number of thiazole rings is 1. The molecule has 1 amide bonds. The Morgan fingerprint density at radius 1 is 1.06 bits per heavy atom. The Morgan fingerprint density at radius 2 is 1.77 bits per heavy atom. The van der Waals surface area contributed by atoms with E-state index in [1.165, 1.54) is 53.0 Å². The molecule has 0 spiro atoms. The van der Waals surface area contributed by atoms with Gasteiger partial charge in [0.1, 0.15) is 5.82 Å². The molecule has 4 rings (SSSR count). The van der Waals surface area contributed by atoms with Gasteiger partial charge in [-0.1, -0.05) is 35.6 Å². The Morgan fingerprint density at radius 3 is 2.46 bits per heavy atom. The average Bonchev–Trinajstić information content (AvgIpc) is 3.22. The van der Waals surface area contributed by atoms with Gasteiger partial charge in [-0.3, -0.25) is 9.10 Å². The maximum absolute atomic E-state index is 14.5. The van der Waals surface area contributed by atoms with Gasteiger partial charge in [-0.25, -0.2) is 12.8 Å². The Kier molecular flexibility index (Phi) is 7.44. The Bertz CT molecular complexity index is 1510. The SMILES string of the molecule is CCOCCn1c(=NC(=O)c2ccc(S(=O)(=O)N(C)c3ccccc3)cc2)sc2cccc(F)c21. The highest BCUT2D eigenvalue weighted by Gasteiger charge is 2.21. The fourth-order valence-electron chi connectivity index (χ4n) is 3.54. The lowest BCUT2D eigenvalue weighted by atomic mass is 10.2. The lowest BCUT2D eigenvalue weighted by Gasteiger charge is -2.19. The van der Waals surface area contributed by atoms with Crippen LogP contribution in [0.2, 0.25) is 0 Å². The van der Waals surface area contributed by atoms with Crippen LogP contribution in [0.15, 0.2) is 82.7 Å². The van der Waals surface area contributed by atoms with Crippen molar-refractivity contribution in [3.8, 4) is 0 Å². The van der Waals surface area contributed by atoms with Crippen LogP contribution in [-0.2, 0) is 21.3 Å². The summed E-state index contributed by atoms with van der Waals surface area (Å²) in [4.78, 5) is 17.5. The molecule has 3 aromatic carbocycles. The maximum Gasteiger partial charge on any atom is 0.279 e. The maximum atomic E-state index is 14.5. The van der Waals surface area contributed by atoms with Crippen LogP contribution in [0.3, 0.4) is 0 Å². The van der Waals surface area contributed by atoms with Crippen molar-refractivity contribution in [2.45, 2.75) is 18.4 Å². The number of amides is 1. The molecule has 0 saturated heterocycles. The van der Waals surface area contributed by atoms with Gasteiger partial charge in [0, 0.05) is 25.8 Å². The van der Waals surface area contributed by atoms with Crippen molar-refractivity contribution in [1.82, 2.24) is 4.57 Å². The Labute approximate surface area is 206 Å². The molecule has 7 nitrogen and oxygen atoms in total. The molecule has 0 radical (unpaired) electrons. The van der Waals surface area contributed by atoms with Crippen molar-refractivity contribution in [2.24, 2.45) is 4.99 Å². The van der Waals surface area contributed by atoms with E-state index in [9.17, 15) is 17.6 Å². The highest BCUT2D eigenvalue weighted by Crippen LogP contribution is 2.23. The third-order valence-corrected chi connectivity index (χ3v) is 8.24. The number of halogens is 1. The van der Waals surface area contributed by atoms with Gasteiger partial charge in [0.25, 0.3) is 15.9 Å². The third-order valence-electron chi connectivity index (χ3n) is 5.39. The van der Waals surface area contributed by atoms with Crippen LogP contribution in [0.5, 0.6) is 0 Å². The van der Waals surface area contributed by atoms with Crippen LogP contribution >= 0.6 is 11.3 Å². The molecule has 35 heavy (non-hydrogen) atoms. The highest BCUT2D eigenvalue weighted by atomic mass is 32.2. The Balaban J connectivity index is 1.65. The second-order valence-electron chi connectivity index (χ2n) is 7.57. The number of anilines is 1. The number of aromatic nitrogens is 1. The van der Waals surface area contributed by atoms with E-state index in [1.807, 2.05) is 6.92 Å². The third kappa shape index (κ3) is 5.19. The molecule has 10 heteroatoms. The first-order chi connectivity index (χ1) is 16.8. The van der Waals surface area contributed by atoms with Gasteiger partial charge in [-0.2, -0.15) is 4.99 Å². The van der Waals surface area contributed by atoms with Crippen molar-refractivity contribution in [1.29, 1.82) is 0 Å². The first-order valence-corrected chi connectivity index (χ1v) is 13.2. The molecule has 0 bridgehead atoms. The molecule has 0 fully saturated rings. The molecule has 0 aliphatic heterocycles. The quantitative estimate of drug-likeness (QED) is 0.326. The lowest BCUT2D eigenvalue weighted by Crippen LogP contribution is -2.26. The largest absolute Gasteiger partial charge is 0.380 e. The summed E-state index contributed by atoms with van der Waals surface area (Å²) in [6.45, 7) is 3.07.